The van der Waals surface area contributed by atoms with Crippen molar-refractivity contribution in [1.29, 1.82) is 5.26 Å². The van der Waals surface area contributed by atoms with Gasteiger partial charge in [-0.05, 0) is 38.5 Å². The average molecular weight is 330 g/mol. The van der Waals surface area contributed by atoms with Gasteiger partial charge in [0.1, 0.15) is 0 Å². The van der Waals surface area contributed by atoms with E-state index in [2.05, 4.69) is 16.3 Å². The molecule has 7 heteroatoms. The van der Waals surface area contributed by atoms with Crippen molar-refractivity contribution < 1.29 is 4.92 Å². The topological polar surface area (TPSA) is 82.2 Å². The van der Waals surface area contributed by atoms with Gasteiger partial charge in [-0.1, -0.05) is 6.07 Å². The molecule has 2 rings (SSSR count). The summed E-state index contributed by atoms with van der Waals surface area (Å²) >= 11 is 1.67. The number of thiophene rings is 1. The number of hydrogen-bond donors (Lipinski definition) is 1. The minimum Gasteiger partial charge on any atom is -0.383 e. The van der Waals surface area contributed by atoms with Crippen LogP contribution in [0.2, 0.25) is 0 Å². The van der Waals surface area contributed by atoms with Gasteiger partial charge in [0, 0.05) is 28.7 Å². The van der Waals surface area contributed by atoms with Crippen molar-refractivity contribution in [2.45, 2.75) is 13.0 Å². The number of nitrogens with zero attached hydrogens (tertiary/aromatic N) is 3. The maximum absolute atomic E-state index is 11.1. The van der Waals surface area contributed by atoms with Gasteiger partial charge in [0.25, 0.3) is 5.69 Å². The van der Waals surface area contributed by atoms with Crippen molar-refractivity contribution in [2.75, 3.05) is 26.0 Å². The second-order valence-corrected chi connectivity index (χ2v) is 6.39. The Hall–Kier alpha value is -2.43. The van der Waals surface area contributed by atoms with Crippen LogP contribution in [-0.4, -0.2) is 30.5 Å². The Kier molecular flexibility index (Phi) is 5.32. The number of nitriles is 1. The van der Waals surface area contributed by atoms with Crippen LogP contribution in [0, 0.1) is 28.4 Å². The van der Waals surface area contributed by atoms with E-state index in [9.17, 15) is 10.1 Å². The minimum atomic E-state index is -0.454. The van der Waals surface area contributed by atoms with Gasteiger partial charge in [0.15, 0.2) is 0 Å². The molecule has 1 heterocycles. The Balaban J connectivity index is 2.27. The molecule has 1 atom stereocenters. The molecular weight excluding hydrogens is 312 g/mol. The molecule has 0 fully saturated rings. The standard InChI is InChI=1S/C16H18N4O2S/c1-11-13(7-12(9-17)8-14(11)20(21)22)18-10-15(19(2)3)16-5-4-6-23-16/h4-8,15,18H,10H2,1-3H3. The second-order valence-electron chi connectivity index (χ2n) is 5.41. The largest absolute Gasteiger partial charge is 0.383 e. The number of nitro benzene ring substituents is 1. The van der Waals surface area contributed by atoms with E-state index >= 15 is 0 Å². The smallest absolute Gasteiger partial charge is 0.275 e. The van der Waals surface area contributed by atoms with Crippen LogP contribution in [0.25, 0.3) is 0 Å². The molecule has 0 aliphatic rings. The van der Waals surface area contributed by atoms with Gasteiger partial charge in [-0.25, -0.2) is 0 Å². The van der Waals surface area contributed by atoms with E-state index in [1.165, 1.54) is 10.9 Å². The predicted octanol–water partition coefficient (Wildman–Crippen LogP) is 3.55. The number of likely N-dealkylation sites (N-methyl/N-ethyl adjacent to an activating group) is 1. The third-order valence-electron chi connectivity index (χ3n) is 3.69. The molecule has 0 aliphatic carbocycles. The summed E-state index contributed by atoms with van der Waals surface area (Å²) in [7, 11) is 3.99. The number of anilines is 1. The van der Waals surface area contributed by atoms with Crippen molar-refractivity contribution in [2.24, 2.45) is 0 Å². The summed E-state index contributed by atoms with van der Waals surface area (Å²) < 4.78 is 0. The molecule has 0 radical (unpaired) electrons. The molecule has 0 saturated carbocycles. The van der Waals surface area contributed by atoms with Gasteiger partial charge in [-0.3, -0.25) is 10.1 Å². The lowest BCUT2D eigenvalue weighted by atomic mass is 10.1. The molecule has 1 aromatic heterocycles. The van der Waals surface area contributed by atoms with E-state index in [0.717, 1.165) is 0 Å². The zero-order valence-electron chi connectivity index (χ0n) is 13.2. The minimum absolute atomic E-state index is 0.0379. The molecule has 2 aromatic rings. The quantitative estimate of drug-likeness (QED) is 0.647. The van der Waals surface area contributed by atoms with Gasteiger partial charge in [-0.2, -0.15) is 5.26 Å². The highest BCUT2D eigenvalue weighted by Crippen LogP contribution is 2.29. The summed E-state index contributed by atoms with van der Waals surface area (Å²) in [4.78, 5) is 14.0. The highest BCUT2D eigenvalue weighted by Gasteiger charge is 2.19. The lowest BCUT2D eigenvalue weighted by Gasteiger charge is -2.24. The summed E-state index contributed by atoms with van der Waals surface area (Å²) in [6.45, 7) is 2.29. The third-order valence-corrected chi connectivity index (χ3v) is 4.66. The molecule has 0 spiro atoms. The molecule has 6 nitrogen and oxygen atoms in total. The molecule has 0 amide bonds. The fourth-order valence-corrected chi connectivity index (χ4v) is 3.28. The Morgan fingerprint density at radius 3 is 2.74 bits per heavy atom. The number of nitro groups is 1. The van der Waals surface area contributed by atoms with Gasteiger partial charge in [0.2, 0.25) is 0 Å². The van der Waals surface area contributed by atoms with E-state index in [-0.39, 0.29) is 17.3 Å². The maximum Gasteiger partial charge on any atom is 0.275 e. The molecular formula is C16H18N4O2S. The molecule has 0 aliphatic heterocycles. The lowest BCUT2D eigenvalue weighted by molar-refractivity contribution is -0.385. The van der Waals surface area contributed by atoms with Crippen LogP contribution in [0.15, 0.2) is 29.6 Å². The van der Waals surface area contributed by atoms with Gasteiger partial charge in [0.05, 0.1) is 22.6 Å². The SMILES string of the molecule is Cc1c(NCC(c2cccs2)N(C)C)cc(C#N)cc1[N+](=O)[O-]. The van der Waals surface area contributed by atoms with E-state index in [1.807, 2.05) is 31.6 Å². The first kappa shape index (κ1) is 16.9. The number of nitrogens with one attached hydrogen (secondary N) is 1. The second kappa shape index (κ2) is 7.22. The van der Waals surface area contributed by atoms with Crippen LogP contribution < -0.4 is 5.32 Å². The summed E-state index contributed by atoms with van der Waals surface area (Å²) in [5, 5.41) is 25.5. The monoisotopic (exact) mass is 330 g/mol. The van der Waals surface area contributed by atoms with Crippen LogP contribution >= 0.6 is 11.3 Å². The van der Waals surface area contributed by atoms with Crippen LogP contribution in [0.1, 0.15) is 22.0 Å². The van der Waals surface area contributed by atoms with Crippen LogP contribution in [-0.2, 0) is 0 Å². The number of hydrogen-bond acceptors (Lipinski definition) is 6. The fraction of sp³-hybridized carbons (Fsp3) is 0.312. The van der Waals surface area contributed by atoms with E-state index in [4.69, 9.17) is 5.26 Å². The summed E-state index contributed by atoms with van der Waals surface area (Å²) in [6, 6.07) is 9.16. The van der Waals surface area contributed by atoms with Crippen LogP contribution in [0.5, 0.6) is 0 Å². The molecule has 1 N–H and O–H groups in total. The molecule has 0 bridgehead atoms. The maximum atomic E-state index is 11.1. The van der Waals surface area contributed by atoms with Crippen molar-refractivity contribution in [1.82, 2.24) is 4.90 Å². The Morgan fingerprint density at radius 1 is 1.48 bits per heavy atom. The lowest BCUT2D eigenvalue weighted by Crippen LogP contribution is -2.26. The fourth-order valence-electron chi connectivity index (χ4n) is 2.36. The van der Waals surface area contributed by atoms with Crippen molar-refractivity contribution >= 4 is 22.7 Å². The third kappa shape index (κ3) is 3.86. The highest BCUT2D eigenvalue weighted by atomic mass is 32.1. The number of rotatable bonds is 6. The van der Waals surface area contributed by atoms with Gasteiger partial charge >= 0.3 is 0 Å². The van der Waals surface area contributed by atoms with Gasteiger partial charge in [-0.15, -0.1) is 11.3 Å². The average Bonchev–Trinajstić information content (AvgIpc) is 3.02. The zero-order chi connectivity index (χ0) is 17.0. The van der Waals surface area contributed by atoms with Crippen LogP contribution in [0.4, 0.5) is 11.4 Å². The first-order valence-electron chi connectivity index (χ1n) is 7.07. The zero-order valence-corrected chi connectivity index (χ0v) is 14.1. The van der Waals surface area contributed by atoms with Crippen molar-refractivity contribution in [3.05, 3.63) is 55.8 Å². The van der Waals surface area contributed by atoms with E-state index < -0.39 is 4.92 Å². The molecule has 23 heavy (non-hydrogen) atoms. The molecule has 1 unspecified atom stereocenters. The van der Waals surface area contributed by atoms with Crippen LogP contribution in [0.3, 0.4) is 0 Å². The number of benzene rings is 1. The predicted molar refractivity (Wildman–Crippen MR) is 91.8 cm³/mol. The first-order valence-corrected chi connectivity index (χ1v) is 7.94. The van der Waals surface area contributed by atoms with E-state index in [1.54, 1.807) is 24.3 Å². The highest BCUT2D eigenvalue weighted by molar-refractivity contribution is 7.10. The van der Waals surface area contributed by atoms with E-state index in [0.29, 0.717) is 17.8 Å². The Labute approximate surface area is 139 Å². The molecule has 1 aromatic carbocycles. The van der Waals surface area contributed by atoms with Crippen molar-refractivity contribution in [3.63, 3.8) is 0 Å². The summed E-state index contributed by atoms with van der Waals surface area (Å²) in [5.41, 5.74) is 1.41. The van der Waals surface area contributed by atoms with Gasteiger partial charge < -0.3 is 10.2 Å². The van der Waals surface area contributed by atoms with Crippen molar-refractivity contribution in [3.8, 4) is 6.07 Å². The summed E-state index contributed by atoms with van der Waals surface area (Å²) in [5.74, 6) is 0. The molecule has 120 valence electrons. The Bertz CT molecular complexity index is 735. The normalized spacial score (nSPS) is 12.0. The summed E-state index contributed by atoms with van der Waals surface area (Å²) in [6.07, 6.45) is 0. The first-order chi connectivity index (χ1) is 10.9. The molecule has 0 saturated heterocycles. The Morgan fingerprint density at radius 2 is 2.22 bits per heavy atom.